The van der Waals surface area contributed by atoms with Crippen molar-refractivity contribution in [3.8, 4) is 0 Å². The first-order valence-electron chi connectivity index (χ1n) is 6.86. The molecule has 2 heterocycles. The van der Waals surface area contributed by atoms with Gasteiger partial charge in [0.1, 0.15) is 11.5 Å². The maximum absolute atomic E-state index is 12.2. The largest absolute Gasteiger partial charge is 0.354 e. The Morgan fingerprint density at radius 1 is 1.35 bits per heavy atom. The van der Waals surface area contributed by atoms with Gasteiger partial charge in [-0.05, 0) is 5.41 Å². The van der Waals surface area contributed by atoms with Crippen molar-refractivity contribution in [3.63, 3.8) is 0 Å². The quantitative estimate of drug-likeness (QED) is 0.878. The van der Waals surface area contributed by atoms with Gasteiger partial charge >= 0.3 is 0 Å². The maximum atomic E-state index is 12.2. The number of hydrogen-bond donors (Lipinski definition) is 1. The Balaban J connectivity index is 2.11. The second-order valence-corrected chi connectivity index (χ2v) is 6.34. The monoisotopic (exact) mass is 278 g/mol. The summed E-state index contributed by atoms with van der Waals surface area (Å²) in [7, 11) is 1.60. The van der Waals surface area contributed by atoms with E-state index in [1.165, 1.54) is 0 Å². The number of carbonyl (C=O) groups excluding carboxylic acids is 2. The summed E-state index contributed by atoms with van der Waals surface area (Å²) in [6, 6.07) is 0. The van der Waals surface area contributed by atoms with Gasteiger partial charge < -0.3 is 14.8 Å². The summed E-state index contributed by atoms with van der Waals surface area (Å²) in [6.07, 6.45) is 2.10. The zero-order chi connectivity index (χ0) is 14.9. The van der Waals surface area contributed by atoms with Gasteiger partial charge in [0.05, 0.1) is 12.7 Å². The van der Waals surface area contributed by atoms with Crippen LogP contribution in [-0.2, 0) is 17.9 Å². The van der Waals surface area contributed by atoms with Crippen LogP contribution in [0, 0.1) is 5.41 Å². The summed E-state index contributed by atoms with van der Waals surface area (Å²) in [6.45, 7) is 7.89. The van der Waals surface area contributed by atoms with E-state index in [4.69, 9.17) is 0 Å². The van der Waals surface area contributed by atoms with E-state index in [2.05, 4.69) is 31.1 Å². The van der Waals surface area contributed by atoms with Gasteiger partial charge in [-0.15, -0.1) is 0 Å². The molecule has 1 aromatic heterocycles. The van der Waals surface area contributed by atoms with Crippen molar-refractivity contribution in [1.82, 2.24) is 19.8 Å². The van der Waals surface area contributed by atoms with E-state index in [1.807, 2.05) is 9.47 Å². The lowest BCUT2D eigenvalue weighted by Crippen LogP contribution is -2.40. The number of amides is 2. The average molecular weight is 278 g/mol. The summed E-state index contributed by atoms with van der Waals surface area (Å²) in [5, 5.41) is 2.60. The van der Waals surface area contributed by atoms with Crippen molar-refractivity contribution in [3.05, 3.63) is 17.7 Å². The van der Waals surface area contributed by atoms with Gasteiger partial charge in [-0.1, -0.05) is 20.8 Å². The predicted octanol–water partition coefficient (Wildman–Crippen LogP) is 1.02. The number of nitrogens with one attached hydrogen (secondary N) is 1. The Kier molecular flexibility index (Phi) is 3.83. The van der Waals surface area contributed by atoms with Crippen molar-refractivity contribution >= 4 is 11.8 Å². The van der Waals surface area contributed by atoms with Crippen LogP contribution in [0.25, 0.3) is 0 Å². The van der Waals surface area contributed by atoms with Gasteiger partial charge in [-0.25, -0.2) is 4.98 Å². The second kappa shape index (κ2) is 5.26. The van der Waals surface area contributed by atoms with Gasteiger partial charge in [0.15, 0.2) is 0 Å². The number of hydrogen-bond acceptors (Lipinski definition) is 3. The van der Waals surface area contributed by atoms with Crippen molar-refractivity contribution in [2.75, 3.05) is 13.6 Å². The molecular formula is C14H22N4O2. The minimum atomic E-state index is -0.141. The van der Waals surface area contributed by atoms with Gasteiger partial charge in [0, 0.05) is 26.6 Å². The standard InChI is InChI=1S/C14H22N4O2/c1-14(2,3)7-12(19)17-5-6-18-10(13(20)15-4)8-16-11(18)9-17/h8H,5-7,9H2,1-4H3,(H,15,20). The van der Waals surface area contributed by atoms with Crippen LogP contribution >= 0.6 is 0 Å². The highest BCUT2D eigenvalue weighted by atomic mass is 16.2. The van der Waals surface area contributed by atoms with Crippen LogP contribution in [0.5, 0.6) is 0 Å². The fraction of sp³-hybridized carbons (Fsp3) is 0.643. The van der Waals surface area contributed by atoms with E-state index in [9.17, 15) is 9.59 Å². The summed E-state index contributed by atoms with van der Waals surface area (Å²) >= 11 is 0. The molecule has 0 atom stereocenters. The van der Waals surface area contributed by atoms with Crippen LogP contribution in [0.4, 0.5) is 0 Å². The molecule has 1 aliphatic heterocycles. The third kappa shape index (κ3) is 3.00. The molecule has 0 spiro atoms. The van der Waals surface area contributed by atoms with E-state index in [0.717, 1.165) is 5.82 Å². The summed E-state index contributed by atoms with van der Waals surface area (Å²) < 4.78 is 1.89. The summed E-state index contributed by atoms with van der Waals surface area (Å²) in [4.78, 5) is 30.0. The van der Waals surface area contributed by atoms with E-state index in [0.29, 0.717) is 31.7 Å². The average Bonchev–Trinajstić information content (AvgIpc) is 2.78. The van der Waals surface area contributed by atoms with Gasteiger partial charge in [-0.2, -0.15) is 0 Å². The predicted molar refractivity (Wildman–Crippen MR) is 75.1 cm³/mol. The number of rotatable bonds is 2. The Labute approximate surface area is 119 Å². The lowest BCUT2D eigenvalue weighted by molar-refractivity contribution is -0.134. The molecule has 2 amide bonds. The highest BCUT2D eigenvalue weighted by molar-refractivity contribution is 5.92. The van der Waals surface area contributed by atoms with Crippen LogP contribution in [0.3, 0.4) is 0 Å². The fourth-order valence-corrected chi connectivity index (χ4v) is 2.35. The molecule has 0 saturated carbocycles. The lowest BCUT2D eigenvalue weighted by Gasteiger charge is -2.30. The molecule has 1 aromatic rings. The molecular weight excluding hydrogens is 256 g/mol. The molecule has 2 rings (SSSR count). The molecule has 1 N–H and O–H groups in total. The molecule has 1 aliphatic rings. The molecule has 110 valence electrons. The third-order valence-electron chi connectivity index (χ3n) is 3.36. The van der Waals surface area contributed by atoms with Crippen molar-refractivity contribution in [2.24, 2.45) is 5.41 Å². The molecule has 0 fully saturated rings. The number of fused-ring (bicyclic) bond motifs is 1. The molecule has 0 radical (unpaired) electrons. The Hall–Kier alpha value is -1.85. The normalized spacial score (nSPS) is 14.9. The molecule has 20 heavy (non-hydrogen) atoms. The molecule has 0 aromatic carbocycles. The highest BCUT2D eigenvalue weighted by Crippen LogP contribution is 2.22. The SMILES string of the molecule is CNC(=O)c1cnc2n1CCN(C(=O)CC(C)(C)C)C2. The van der Waals surface area contributed by atoms with Crippen LogP contribution in [0.1, 0.15) is 43.5 Å². The second-order valence-electron chi connectivity index (χ2n) is 6.34. The first kappa shape index (κ1) is 14.6. The van der Waals surface area contributed by atoms with Crippen LogP contribution < -0.4 is 5.32 Å². The number of imidazole rings is 1. The van der Waals surface area contributed by atoms with E-state index < -0.39 is 0 Å². The number of aromatic nitrogens is 2. The minimum absolute atomic E-state index is 0.0167. The van der Waals surface area contributed by atoms with Crippen LogP contribution in [0.2, 0.25) is 0 Å². The molecule has 6 heteroatoms. The van der Waals surface area contributed by atoms with Gasteiger partial charge in [0.25, 0.3) is 5.91 Å². The highest BCUT2D eigenvalue weighted by Gasteiger charge is 2.27. The number of carbonyl (C=O) groups is 2. The topological polar surface area (TPSA) is 67.2 Å². The fourth-order valence-electron chi connectivity index (χ4n) is 2.35. The van der Waals surface area contributed by atoms with Crippen molar-refractivity contribution < 1.29 is 9.59 Å². The Bertz CT molecular complexity index is 528. The Morgan fingerprint density at radius 3 is 2.65 bits per heavy atom. The van der Waals surface area contributed by atoms with E-state index >= 15 is 0 Å². The Morgan fingerprint density at radius 2 is 2.05 bits per heavy atom. The maximum Gasteiger partial charge on any atom is 0.269 e. The minimum Gasteiger partial charge on any atom is -0.354 e. The first-order chi connectivity index (χ1) is 9.31. The lowest BCUT2D eigenvalue weighted by atomic mass is 9.91. The van der Waals surface area contributed by atoms with E-state index in [-0.39, 0.29) is 17.2 Å². The smallest absolute Gasteiger partial charge is 0.269 e. The van der Waals surface area contributed by atoms with Crippen molar-refractivity contribution in [2.45, 2.75) is 40.3 Å². The van der Waals surface area contributed by atoms with Crippen LogP contribution in [0.15, 0.2) is 6.20 Å². The van der Waals surface area contributed by atoms with E-state index in [1.54, 1.807) is 13.2 Å². The van der Waals surface area contributed by atoms with Gasteiger partial charge in [-0.3, -0.25) is 9.59 Å². The summed E-state index contributed by atoms with van der Waals surface area (Å²) in [5.74, 6) is 0.781. The number of nitrogens with zero attached hydrogens (tertiary/aromatic N) is 3. The zero-order valence-corrected chi connectivity index (χ0v) is 12.6. The molecule has 0 bridgehead atoms. The summed E-state index contributed by atoms with van der Waals surface area (Å²) in [5.41, 5.74) is 0.544. The third-order valence-corrected chi connectivity index (χ3v) is 3.36. The zero-order valence-electron chi connectivity index (χ0n) is 12.6. The van der Waals surface area contributed by atoms with Crippen molar-refractivity contribution in [1.29, 1.82) is 0 Å². The molecule has 0 saturated heterocycles. The molecule has 6 nitrogen and oxygen atoms in total. The first-order valence-corrected chi connectivity index (χ1v) is 6.86. The molecule has 0 unspecified atom stereocenters. The van der Waals surface area contributed by atoms with Gasteiger partial charge in [0.2, 0.25) is 5.91 Å². The molecule has 0 aliphatic carbocycles. The van der Waals surface area contributed by atoms with Crippen LogP contribution in [-0.4, -0.2) is 39.9 Å².